The standard InChI is InChI=1S/C24H20N2O4/c27-23(25-17-5-3-4-15(12-17)24(28)26-16-8-9-16)14-29-18-10-11-22-20(13-18)19-6-1-2-7-21(19)30-22/h1-7,10-13,16H,8-9,14H2,(H,25,27)(H,26,28). The molecule has 1 heterocycles. The van der Waals surface area contributed by atoms with Gasteiger partial charge in [-0.3, -0.25) is 9.59 Å². The molecule has 1 fully saturated rings. The first kappa shape index (κ1) is 18.2. The van der Waals surface area contributed by atoms with Crippen LogP contribution in [0.2, 0.25) is 0 Å². The lowest BCUT2D eigenvalue weighted by Crippen LogP contribution is -2.25. The molecule has 6 heteroatoms. The Bertz CT molecular complexity index is 1260. The van der Waals surface area contributed by atoms with Crippen LogP contribution in [0.5, 0.6) is 5.75 Å². The van der Waals surface area contributed by atoms with Gasteiger partial charge in [-0.25, -0.2) is 0 Å². The van der Waals surface area contributed by atoms with Crippen LogP contribution in [0.1, 0.15) is 23.2 Å². The summed E-state index contributed by atoms with van der Waals surface area (Å²) < 4.78 is 11.5. The lowest BCUT2D eigenvalue weighted by molar-refractivity contribution is -0.118. The summed E-state index contributed by atoms with van der Waals surface area (Å²) in [4.78, 5) is 24.5. The lowest BCUT2D eigenvalue weighted by Gasteiger charge is -2.09. The summed E-state index contributed by atoms with van der Waals surface area (Å²) >= 11 is 0. The Balaban J connectivity index is 1.24. The first-order valence-electron chi connectivity index (χ1n) is 9.90. The molecule has 1 aromatic heterocycles. The normalized spacial score (nSPS) is 13.3. The molecule has 1 aliphatic rings. The van der Waals surface area contributed by atoms with E-state index in [4.69, 9.17) is 9.15 Å². The Hall–Kier alpha value is -3.80. The number of carbonyl (C=O) groups is 2. The van der Waals surface area contributed by atoms with Gasteiger partial charge in [-0.05, 0) is 55.3 Å². The highest BCUT2D eigenvalue weighted by Crippen LogP contribution is 2.31. The first-order chi connectivity index (χ1) is 14.7. The smallest absolute Gasteiger partial charge is 0.262 e. The van der Waals surface area contributed by atoms with E-state index in [9.17, 15) is 9.59 Å². The molecule has 2 N–H and O–H groups in total. The number of rotatable bonds is 6. The van der Waals surface area contributed by atoms with E-state index in [-0.39, 0.29) is 24.5 Å². The number of fused-ring (bicyclic) bond motifs is 3. The molecule has 0 spiro atoms. The summed E-state index contributed by atoms with van der Waals surface area (Å²) in [5, 5.41) is 7.66. The van der Waals surface area contributed by atoms with Crippen LogP contribution in [0.4, 0.5) is 5.69 Å². The summed E-state index contributed by atoms with van der Waals surface area (Å²) in [5.74, 6) is 0.166. The van der Waals surface area contributed by atoms with Crippen molar-refractivity contribution in [3.63, 3.8) is 0 Å². The topological polar surface area (TPSA) is 80.6 Å². The third-order valence-electron chi connectivity index (χ3n) is 5.04. The number of anilines is 1. The number of para-hydroxylation sites is 1. The Morgan fingerprint density at radius 1 is 0.933 bits per heavy atom. The molecule has 0 atom stereocenters. The van der Waals surface area contributed by atoms with Gasteiger partial charge in [-0.1, -0.05) is 24.3 Å². The Morgan fingerprint density at radius 3 is 2.63 bits per heavy atom. The maximum absolute atomic E-state index is 12.3. The van der Waals surface area contributed by atoms with E-state index in [0.717, 1.165) is 34.8 Å². The summed E-state index contributed by atoms with van der Waals surface area (Å²) in [7, 11) is 0. The van der Waals surface area contributed by atoms with Crippen molar-refractivity contribution in [2.24, 2.45) is 0 Å². The van der Waals surface area contributed by atoms with Crippen molar-refractivity contribution in [3.05, 3.63) is 72.3 Å². The largest absolute Gasteiger partial charge is 0.484 e. The van der Waals surface area contributed by atoms with Gasteiger partial charge >= 0.3 is 0 Å². The van der Waals surface area contributed by atoms with Crippen LogP contribution < -0.4 is 15.4 Å². The zero-order valence-corrected chi connectivity index (χ0v) is 16.2. The van der Waals surface area contributed by atoms with E-state index in [1.165, 1.54) is 0 Å². The molecule has 1 saturated carbocycles. The van der Waals surface area contributed by atoms with Crippen molar-refractivity contribution in [2.45, 2.75) is 18.9 Å². The SMILES string of the molecule is O=C(COc1ccc2oc3ccccc3c2c1)Nc1cccc(C(=O)NC2CC2)c1. The van der Waals surface area contributed by atoms with E-state index < -0.39 is 0 Å². The van der Waals surface area contributed by atoms with Crippen LogP contribution in [0, 0.1) is 0 Å². The fraction of sp³-hybridized carbons (Fsp3) is 0.167. The molecule has 5 rings (SSSR count). The van der Waals surface area contributed by atoms with E-state index in [2.05, 4.69) is 10.6 Å². The number of ether oxygens (including phenoxy) is 1. The van der Waals surface area contributed by atoms with Crippen LogP contribution in [0.15, 0.2) is 71.1 Å². The van der Waals surface area contributed by atoms with E-state index >= 15 is 0 Å². The number of nitrogens with one attached hydrogen (secondary N) is 2. The van der Waals surface area contributed by atoms with Crippen LogP contribution in [-0.4, -0.2) is 24.5 Å². The van der Waals surface area contributed by atoms with E-state index in [0.29, 0.717) is 17.0 Å². The number of hydrogen-bond acceptors (Lipinski definition) is 4. The molecule has 0 aliphatic heterocycles. The van der Waals surface area contributed by atoms with Crippen molar-refractivity contribution in [1.82, 2.24) is 5.32 Å². The molecule has 150 valence electrons. The third-order valence-corrected chi connectivity index (χ3v) is 5.04. The maximum Gasteiger partial charge on any atom is 0.262 e. The van der Waals surface area contributed by atoms with Gasteiger partial charge in [0, 0.05) is 28.1 Å². The highest BCUT2D eigenvalue weighted by molar-refractivity contribution is 6.05. The number of benzene rings is 3. The molecule has 2 amide bonds. The number of amides is 2. The predicted octanol–water partition coefficient (Wildman–Crippen LogP) is 4.50. The lowest BCUT2D eigenvalue weighted by atomic mass is 10.1. The van der Waals surface area contributed by atoms with Gasteiger partial charge in [-0.2, -0.15) is 0 Å². The summed E-state index contributed by atoms with van der Waals surface area (Å²) in [5.41, 5.74) is 2.67. The molecule has 6 nitrogen and oxygen atoms in total. The number of hydrogen-bond donors (Lipinski definition) is 2. The number of furan rings is 1. The summed E-state index contributed by atoms with van der Waals surface area (Å²) in [6.07, 6.45) is 2.06. The Morgan fingerprint density at radius 2 is 1.77 bits per heavy atom. The second kappa shape index (κ2) is 7.55. The van der Waals surface area contributed by atoms with Gasteiger partial charge in [0.1, 0.15) is 16.9 Å². The van der Waals surface area contributed by atoms with Crippen molar-refractivity contribution in [2.75, 3.05) is 11.9 Å². The monoisotopic (exact) mass is 400 g/mol. The van der Waals surface area contributed by atoms with Gasteiger partial charge in [0.15, 0.2) is 6.61 Å². The maximum atomic E-state index is 12.3. The molecule has 4 aromatic rings. The average Bonchev–Trinajstić information content (AvgIpc) is 3.50. The van der Waals surface area contributed by atoms with E-state index in [1.807, 2.05) is 36.4 Å². The van der Waals surface area contributed by atoms with Crippen LogP contribution >= 0.6 is 0 Å². The van der Waals surface area contributed by atoms with Crippen LogP contribution in [0.3, 0.4) is 0 Å². The minimum Gasteiger partial charge on any atom is -0.484 e. The molecule has 30 heavy (non-hydrogen) atoms. The van der Waals surface area contributed by atoms with Gasteiger partial charge in [0.05, 0.1) is 0 Å². The van der Waals surface area contributed by atoms with E-state index in [1.54, 1.807) is 30.3 Å². The van der Waals surface area contributed by atoms with Gasteiger partial charge in [0.25, 0.3) is 11.8 Å². The predicted molar refractivity (Wildman–Crippen MR) is 115 cm³/mol. The number of carbonyl (C=O) groups excluding carboxylic acids is 2. The Labute approximate surface area is 172 Å². The molecular formula is C24H20N2O4. The molecule has 3 aromatic carbocycles. The van der Waals surface area contributed by atoms with Gasteiger partial charge in [0.2, 0.25) is 0 Å². The molecule has 1 aliphatic carbocycles. The zero-order chi connectivity index (χ0) is 20.5. The fourth-order valence-electron chi connectivity index (χ4n) is 3.38. The van der Waals surface area contributed by atoms with Gasteiger partial charge in [-0.15, -0.1) is 0 Å². The van der Waals surface area contributed by atoms with Crippen LogP contribution in [-0.2, 0) is 4.79 Å². The molecule has 0 unspecified atom stereocenters. The summed E-state index contributed by atoms with van der Waals surface area (Å²) in [6, 6.07) is 20.5. The highest BCUT2D eigenvalue weighted by Gasteiger charge is 2.23. The van der Waals surface area contributed by atoms with Crippen molar-refractivity contribution >= 4 is 39.4 Å². The molecule has 0 radical (unpaired) electrons. The van der Waals surface area contributed by atoms with Crippen molar-refractivity contribution in [1.29, 1.82) is 0 Å². The van der Waals surface area contributed by atoms with Crippen molar-refractivity contribution < 1.29 is 18.7 Å². The minimum atomic E-state index is -0.299. The molecule has 0 bridgehead atoms. The second-order valence-corrected chi connectivity index (χ2v) is 7.42. The highest BCUT2D eigenvalue weighted by atomic mass is 16.5. The second-order valence-electron chi connectivity index (χ2n) is 7.42. The quantitative estimate of drug-likeness (QED) is 0.500. The Kier molecular flexibility index (Phi) is 4.59. The minimum absolute atomic E-state index is 0.120. The third kappa shape index (κ3) is 3.85. The van der Waals surface area contributed by atoms with Crippen LogP contribution in [0.25, 0.3) is 21.9 Å². The molecule has 0 saturated heterocycles. The average molecular weight is 400 g/mol. The molecular weight excluding hydrogens is 380 g/mol. The zero-order valence-electron chi connectivity index (χ0n) is 16.2. The first-order valence-corrected chi connectivity index (χ1v) is 9.90. The van der Waals surface area contributed by atoms with Gasteiger partial charge < -0.3 is 19.8 Å². The fourth-order valence-corrected chi connectivity index (χ4v) is 3.38. The summed E-state index contributed by atoms with van der Waals surface area (Å²) in [6.45, 7) is -0.139. The van der Waals surface area contributed by atoms with Crippen molar-refractivity contribution in [3.8, 4) is 5.75 Å².